The normalized spacial score (nSPS) is 16.4. The molecule has 6 nitrogen and oxygen atoms in total. The Morgan fingerprint density at radius 3 is 2.56 bits per heavy atom. The van der Waals surface area contributed by atoms with Crippen LogP contribution in [0.4, 0.5) is 0 Å². The summed E-state index contributed by atoms with van der Waals surface area (Å²) in [5.41, 5.74) is 0.431. The fourth-order valence-electron chi connectivity index (χ4n) is 3.13. The lowest BCUT2D eigenvalue weighted by Crippen LogP contribution is -2.39. The van der Waals surface area contributed by atoms with Crippen LogP contribution in [0.3, 0.4) is 0 Å². The number of benzene rings is 1. The van der Waals surface area contributed by atoms with Crippen LogP contribution in [0.15, 0.2) is 29.2 Å². The van der Waals surface area contributed by atoms with Crippen LogP contribution in [-0.2, 0) is 10.0 Å². The first-order valence-electron chi connectivity index (χ1n) is 8.89. The van der Waals surface area contributed by atoms with Crippen LogP contribution in [0.5, 0.6) is 0 Å². The maximum atomic E-state index is 12.7. The van der Waals surface area contributed by atoms with Crippen molar-refractivity contribution in [2.75, 3.05) is 26.7 Å². The van der Waals surface area contributed by atoms with E-state index < -0.39 is 10.0 Å². The molecular formula is C18H29N3O3S. The number of hydrogen-bond acceptors (Lipinski definition) is 4. The SMILES string of the molecule is CNCCC1CCN(C(=O)c2cccc(S(=O)(=O)NC(C)C)c2)CC1. The summed E-state index contributed by atoms with van der Waals surface area (Å²) in [6.07, 6.45) is 3.13. The van der Waals surface area contributed by atoms with Crippen LogP contribution in [0.2, 0.25) is 0 Å². The topological polar surface area (TPSA) is 78.5 Å². The molecule has 2 rings (SSSR count). The van der Waals surface area contributed by atoms with Gasteiger partial charge in [-0.3, -0.25) is 4.79 Å². The molecule has 1 aromatic carbocycles. The first-order valence-corrected chi connectivity index (χ1v) is 10.4. The minimum absolute atomic E-state index is 0.0892. The van der Waals surface area contributed by atoms with Gasteiger partial charge in [-0.2, -0.15) is 0 Å². The number of piperidine rings is 1. The van der Waals surface area contributed by atoms with E-state index in [0.29, 0.717) is 11.5 Å². The van der Waals surface area contributed by atoms with Crippen molar-refractivity contribution in [1.82, 2.24) is 14.9 Å². The maximum absolute atomic E-state index is 12.7. The number of carbonyl (C=O) groups excluding carboxylic acids is 1. The van der Waals surface area contributed by atoms with Gasteiger partial charge in [0.2, 0.25) is 10.0 Å². The first-order chi connectivity index (χ1) is 11.8. The number of likely N-dealkylation sites (tertiary alicyclic amines) is 1. The molecular weight excluding hydrogens is 338 g/mol. The smallest absolute Gasteiger partial charge is 0.253 e. The lowest BCUT2D eigenvalue weighted by Gasteiger charge is -2.32. The fourth-order valence-corrected chi connectivity index (χ4v) is 4.43. The second kappa shape index (κ2) is 8.78. The van der Waals surface area contributed by atoms with Crippen LogP contribution in [-0.4, -0.2) is 51.9 Å². The molecule has 0 radical (unpaired) electrons. The van der Waals surface area contributed by atoms with Gasteiger partial charge in [-0.1, -0.05) is 6.07 Å². The van der Waals surface area contributed by atoms with E-state index in [1.54, 1.807) is 26.0 Å². The van der Waals surface area contributed by atoms with Crippen molar-refractivity contribution in [2.45, 2.75) is 44.0 Å². The molecule has 0 unspecified atom stereocenters. The summed E-state index contributed by atoms with van der Waals surface area (Å²) in [5, 5.41) is 3.17. The lowest BCUT2D eigenvalue weighted by atomic mass is 9.93. The predicted molar refractivity (Wildman–Crippen MR) is 99.1 cm³/mol. The minimum atomic E-state index is -3.59. The zero-order valence-corrected chi connectivity index (χ0v) is 16.1. The number of rotatable bonds is 7. The van der Waals surface area contributed by atoms with E-state index in [4.69, 9.17) is 0 Å². The number of amides is 1. The molecule has 0 bridgehead atoms. The van der Waals surface area contributed by atoms with Crippen LogP contribution in [0.1, 0.15) is 43.5 Å². The quantitative estimate of drug-likeness (QED) is 0.771. The van der Waals surface area contributed by atoms with Gasteiger partial charge in [0.25, 0.3) is 5.91 Å². The summed E-state index contributed by atoms with van der Waals surface area (Å²) in [5.74, 6) is 0.562. The van der Waals surface area contributed by atoms with Gasteiger partial charge in [0.1, 0.15) is 0 Å². The second-order valence-electron chi connectivity index (χ2n) is 6.93. The molecule has 25 heavy (non-hydrogen) atoms. The van der Waals surface area contributed by atoms with E-state index in [2.05, 4.69) is 10.0 Å². The molecule has 0 spiro atoms. The highest BCUT2D eigenvalue weighted by molar-refractivity contribution is 7.89. The third-order valence-corrected chi connectivity index (χ3v) is 6.14. The van der Waals surface area contributed by atoms with Gasteiger partial charge in [-0.25, -0.2) is 13.1 Å². The molecule has 1 aromatic rings. The Kier molecular flexibility index (Phi) is 6.98. The zero-order chi connectivity index (χ0) is 18.4. The average molecular weight is 368 g/mol. The van der Waals surface area contributed by atoms with Crippen molar-refractivity contribution in [2.24, 2.45) is 5.92 Å². The van der Waals surface area contributed by atoms with Gasteiger partial charge in [0.05, 0.1) is 4.90 Å². The third-order valence-electron chi connectivity index (χ3n) is 4.49. The Labute approximate surface area is 151 Å². The molecule has 0 atom stereocenters. The van der Waals surface area contributed by atoms with E-state index in [-0.39, 0.29) is 16.8 Å². The molecule has 0 saturated carbocycles. The number of hydrogen-bond donors (Lipinski definition) is 2. The van der Waals surface area contributed by atoms with E-state index in [1.807, 2.05) is 11.9 Å². The summed E-state index contributed by atoms with van der Waals surface area (Å²) in [7, 11) is -1.64. The monoisotopic (exact) mass is 367 g/mol. The molecule has 1 heterocycles. The summed E-state index contributed by atoms with van der Waals surface area (Å²) in [4.78, 5) is 14.7. The molecule has 1 fully saturated rings. The fraction of sp³-hybridized carbons (Fsp3) is 0.611. The highest BCUT2D eigenvalue weighted by Gasteiger charge is 2.24. The lowest BCUT2D eigenvalue weighted by molar-refractivity contribution is 0.0687. The summed E-state index contributed by atoms with van der Waals surface area (Å²) in [6, 6.07) is 6.11. The molecule has 0 aliphatic carbocycles. The molecule has 1 amide bonds. The summed E-state index contributed by atoms with van der Waals surface area (Å²) >= 11 is 0. The van der Waals surface area contributed by atoms with E-state index >= 15 is 0 Å². The highest BCUT2D eigenvalue weighted by atomic mass is 32.2. The average Bonchev–Trinajstić information content (AvgIpc) is 2.59. The standard InChI is InChI=1S/C18H29N3O3S/c1-14(2)20-25(23,24)17-6-4-5-16(13-17)18(22)21-11-8-15(9-12-21)7-10-19-3/h4-6,13-15,19-20H,7-12H2,1-3H3. The molecule has 140 valence electrons. The van der Waals surface area contributed by atoms with Crippen molar-refractivity contribution in [3.8, 4) is 0 Å². The van der Waals surface area contributed by atoms with Crippen molar-refractivity contribution < 1.29 is 13.2 Å². The van der Waals surface area contributed by atoms with Crippen molar-refractivity contribution >= 4 is 15.9 Å². The van der Waals surface area contributed by atoms with Crippen molar-refractivity contribution in [1.29, 1.82) is 0 Å². The van der Waals surface area contributed by atoms with Crippen molar-refractivity contribution in [3.05, 3.63) is 29.8 Å². The molecule has 1 aliphatic rings. The number of sulfonamides is 1. The molecule has 1 saturated heterocycles. The van der Waals surface area contributed by atoms with Gasteiger partial charge in [0, 0.05) is 24.7 Å². The van der Waals surface area contributed by atoms with Crippen LogP contribution >= 0.6 is 0 Å². The summed E-state index contributed by atoms with van der Waals surface area (Å²) in [6.45, 7) is 6.00. The number of nitrogens with one attached hydrogen (secondary N) is 2. The molecule has 0 aromatic heterocycles. The largest absolute Gasteiger partial charge is 0.339 e. The number of nitrogens with zero attached hydrogens (tertiary/aromatic N) is 1. The Balaban J connectivity index is 2.05. The van der Waals surface area contributed by atoms with Crippen LogP contribution in [0.25, 0.3) is 0 Å². The maximum Gasteiger partial charge on any atom is 0.253 e. The Hall–Kier alpha value is -1.44. The van der Waals surface area contributed by atoms with E-state index in [1.165, 1.54) is 12.1 Å². The first kappa shape index (κ1) is 19.9. The van der Waals surface area contributed by atoms with E-state index in [0.717, 1.165) is 38.9 Å². The van der Waals surface area contributed by atoms with Crippen molar-refractivity contribution in [3.63, 3.8) is 0 Å². The van der Waals surface area contributed by atoms with Crippen LogP contribution in [0, 0.1) is 5.92 Å². The van der Waals surface area contributed by atoms with Gasteiger partial charge in [-0.15, -0.1) is 0 Å². The molecule has 7 heteroatoms. The van der Waals surface area contributed by atoms with Crippen LogP contribution < -0.4 is 10.0 Å². The second-order valence-corrected chi connectivity index (χ2v) is 8.65. The molecule has 1 aliphatic heterocycles. The Morgan fingerprint density at radius 2 is 1.96 bits per heavy atom. The highest BCUT2D eigenvalue weighted by Crippen LogP contribution is 2.22. The number of carbonyl (C=O) groups is 1. The minimum Gasteiger partial charge on any atom is -0.339 e. The Morgan fingerprint density at radius 1 is 1.28 bits per heavy atom. The zero-order valence-electron chi connectivity index (χ0n) is 15.3. The predicted octanol–water partition coefficient (Wildman–Crippen LogP) is 1.83. The van der Waals surface area contributed by atoms with Gasteiger partial charge in [0.15, 0.2) is 0 Å². The third kappa shape index (κ3) is 5.52. The van der Waals surface area contributed by atoms with Gasteiger partial charge in [-0.05, 0) is 70.8 Å². The molecule has 2 N–H and O–H groups in total. The van der Waals surface area contributed by atoms with Gasteiger partial charge >= 0.3 is 0 Å². The summed E-state index contributed by atoms with van der Waals surface area (Å²) < 4.78 is 27.1. The van der Waals surface area contributed by atoms with Gasteiger partial charge < -0.3 is 10.2 Å². The van der Waals surface area contributed by atoms with E-state index in [9.17, 15) is 13.2 Å². The Bertz CT molecular complexity index is 681.